The van der Waals surface area contributed by atoms with Crippen molar-refractivity contribution in [1.29, 1.82) is 0 Å². The third-order valence-corrected chi connectivity index (χ3v) is 12.4. The molecule has 0 bridgehead atoms. The molecule has 0 aromatic heterocycles. The molecule has 0 amide bonds. The van der Waals surface area contributed by atoms with Crippen LogP contribution in [0, 0.1) is 0 Å². The Morgan fingerprint density at radius 1 is 0.742 bits per heavy atom. The minimum atomic E-state index is -1.67. The number of fused-ring (bicyclic) bond motifs is 1. The monoisotopic (exact) mass is 426 g/mol. The van der Waals surface area contributed by atoms with E-state index < -0.39 is 8.07 Å². The van der Waals surface area contributed by atoms with Crippen LogP contribution in [0.1, 0.15) is 70.7 Å². The maximum absolute atomic E-state index is 2.61. The first-order valence-electron chi connectivity index (χ1n) is 11.7. The van der Waals surface area contributed by atoms with Gasteiger partial charge in [0.2, 0.25) is 0 Å². The lowest BCUT2D eigenvalue weighted by Crippen LogP contribution is -2.41. The molecule has 2 unspecified atom stereocenters. The minimum absolute atomic E-state index is 0.185. The second-order valence-corrected chi connectivity index (χ2v) is 16.3. The van der Waals surface area contributed by atoms with Crippen molar-refractivity contribution in [3.05, 3.63) is 87.5 Å². The number of hydrogen-bond donors (Lipinski definition) is 0. The Bertz CT molecular complexity index is 1110. The van der Waals surface area contributed by atoms with E-state index in [1.807, 2.05) is 0 Å². The molecule has 0 aliphatic heterocycles. The lowest BCUT2D eigenvalue weighted by Gasteiger charge is -2.39. The second-order valence-electron chi connectivity index (χ2n) is 11.5. The van der Waals surface area contributed by atoms with Crippen LogP contribution in [0.25, 0.3) is 17.2 Å². The summed E-state index contributed by atoms with van der Waals surface area (Å²) in [6.07, 6.45) is 4.92. The maximum Gasteiger partial charge on any atom is 0.0717 e. The van der Waals surface area contributed by atoms with Gasteiger partial charge in [-0.15, -0.1) is 0 Å². The summed E-state index contributed by atoms with van der Waals surface area (Å²) in [5.74, 6) is 0. The van der Waals surface area contributed by atoms with E-state index in [1.165, 1.54) is 27.8 Å². The van der Waals surface area contributed by atoms with Crippen LogP contribution in [-0.2, 0) is 5.41 Å². The van der Waals surface area contributed by atoms with Gasteiger partial charge in [0.15, 0.2) is 0 Å². The lowest BCUT2D eigenvalue weighted by atomic mass is 9.86. The van der Waals surface area contributed by atoms with E-state index in [4.69, 9.17) is 0 Å². The van der Waals surface area contributed by atoms with Gasteiger partial charge in [0, 0.05) is 5.54 Å². The summed E-state index contributed by atoms with van der Waals surface area (Å²) in [5.41, 5.74) is 14.7. The molecular formula is C30H38Si. The highest BCUT2D eigenvalue weighted by molar-refractivity contribution is 6.82. The molecule has 0 heterocycles. The first-order chi connectivity index (χ1) is 14.4. The Morgan fingerprint density at radius 3 is 1.90 bits per heavy atom. The summed E-state index contributed by atoms with van der Waals surface area (Å²) in [7, 11) is -1.67. The Balaban J connectivity index is 1.78. The third-order valence-electron chi connectivity index (χ3n) is 7.78. The van der Waals surface area contributed by atoms with Crippen LogP contribution in [0.5, 0.6) is 0 Å². The molecule has 162 valence electrons. The van der Waals surface area contributed by atoms with Crippen LogP contribution < -0.4 is 0 Å². The molecule has 2 aliphatic rings. The molecule has 31 heavy (non-hydrogen) atoms. The predicted molar refractivity (Wildman–Crippen MR) is 140 cm³/mol. The van der Waals surface area contributed by atoms with Gasteiger partial charge in [-0.25, -0.2) is 0 Å². The molecule has 2 aromatic rings. The largest absolute Gasteiger partial charge is 0.0717 e. The van der Waals surface area contributed by atoms with Crippen LogP contribution in [0.2, 0.25) is 18.6 Å². The van der Waals surface area contributed by atoms with Gasteiger partial charge < -0.3 is 0 Å². The highest BCUT2D eigenvalue weighted by Gasteiger charge is 2.46. The quantitative estimate of drug-likeness (QED) is 0.429. The molecule has 2 aliphatic carbocycles. The van der Waals surface area contributed by atoms with Crippen LogP contribution in [0.3, 0.4) is 0 Å². The van der Waals surface area contributed by atoms with Crippen molar-refractivity contribution >= 4 is 14.1 Å². The van der Waals surface area contributed by atoms with Crippen molar-refractivity contribution in [2.24, 2.45) is 0 Å². The van der Waals surface area contributed by atoms with Crippen molar-refractivity contribution in [2.45, 2.75) is 78.1 Å². The van der Waals surface area contributed by atoms with E-state index in [1.54, 1.807) is 22.3 Å². The molecule has 0 spiro atoms. The van der Waals surface area contributed by atoms with Crippen LogP contribution in [0.15, 0.2) is 70.8 Å². The number of benzene rings is 2. The van der Waals surface area contributed by atoms with Crippen molar-refractivity contribution < 1.29 is 0 Å². The van der Waals surface area contributed by atoms with Crippen LogP contribution in [-0.4, -0.2) is 8.07 Å². The van der Waals surface area contributed by atoms with Gasteiger partial charge in [-0.2, -0.15) is 0 Å². The smallest absolute Gasteiger partial charge is 0.0686 e. The average Bonchev–Trinajstić information content (AvgIpc) is 3.16. The lowest BCUT2D eigenvalue weighted by molar-refractivity contribution is 0.590. The Morgan fingerprint density at radius 2 is 1.35 bits per heavy atom. The highest BCUT2D eigenvalue weighted by atomic mass is 28.3. The predicted octanol–water partition coefficient (Wildman–Crippen LogP) is 9.07. The zero-order valence-electron chi connectivity index (χ0n) is 20.9. The van der Waals surface area contributed by atoms with Crippen LogP contribution >= 0.6 is 0 Å². The summed E-state index contributed by atoms with van der Waals surface area (Å²) < 4.78 is 0. The van der Waals surface area contributed by atoms with Gasteiger partial charge in [-0.05, 0) is 66.5 Å². The Labute approximate surface area is 190 Å². The van der Waals surface area contributed by atoms with Gasteiger partial charge in [0.1, 0.15) is 0 Å². The first kappa shape index (κ1) is 22.1. The Kier molecular flexibility index (Phi) is 5.33. The number of hydrogen-bond acceptors (Lipinski definition) is 0. The molecule has 4 rings (SSSR count). The number of rotatable bonds is 3. The SMILES string of the molecule is CC1=CC(C)=C(C)C1[Si](C)(C)C1C(C)=Cc2c(-c3ccc(C(C)(C)C)cc3)cccc21. The van der Waals surface area contributed by atoms with Gasteiger partial charge >= 0.3 is 0 Å². The molecule has 2 aromatic carbocycles. The molecular weight excluding hydrogens is 388 g/mol. The van der Waals surface area contributed by atoms with Gasteiger partial charge in [-0.1, -0.05) is 111 Å². The molecule has 0 fully saturated rings. The van der Waals surface area contributed by atoms with E-state index in [2.05, 4.69) is 116 Å². The molecule has 0 nitrogen and oxygen atoms in total. The summed E-state index contributed by atoms with van der Waals surface area (Å²) in [5, 5.41) is 0. The van der Waals surface area contributed by atoms with Gasteiger partial charge in [0.25, 0.3) is 0 Å². The van der Waals surface area contributed by atoms with Crippen molar-refractivity contribution in [3.63, 3.8) is 0 Å². The van der Waals surface area contributed by atoms with Crippen molar-refractivity contribution in [3.8, 4) is 11.1 Å². The van der Waals surface area contributed by atoms with E-state index >= 15 is 0 Å². The minimum Gasteiger partial charge on any atom is -0.0686 e. The molecule has 0 radical (unpaired) electrons. The number of allylic oxidation sites excluding steroid dienone is 5. The third kappa shape index (κ3) is 3.61. The van der Waals surface area contributed by atoms with Crippen LogP contribution in [0.4, 0.5) is 0 Å². The van der Waals surface area contributed by atoms with E-state index in [0.717, 1.165) is 0 Å². The van der Waals surface area contributed by atoms with Crippen molar-refractivity contribution in [1.82, 2.24) is 0 Å². The first-order valence-corrected chi connectivity index (χ1v) is 14.9. The molecule has 0 saturated heterocycles. The standard InChI is InChI=1S/C30H38Si/c1-19-17-20(2)28(22(19)4)31(8,9)29-21(3)18-27-25(11-10-12-26(27)29)23-13-15-24(16-14-23)30(5,6)7/h10-18,28-29H,1-9H3. The molecule has 2 atom stereocenters. The van der Waals surface area contributed by atoms with Gasteiger partial charge in [0.05, 0.1) is 8.07 Å². The fourth-order valence-corrected chi connectivity index (χ4v) is 11.6. The topological polar surface area (TPSA) is 0 Å². The summed E-state index contributed by atoms with van der Waals surface area (Å²) in [4.78, 5) is 0. The van der Waals surface area contributed by atoms with Gasteiger partial charge in [-0.3, -0.25) is 0 Å². The van der Waals surface area contributed by atoms with E-state index in [-0.39, 0.29) is 5.41 Å². The highest BCUT2D eigenvalue weighted by Crippen LogP contribution is 2.54. The maximum atomic E-state index is 2.61. The fourth-order valence-electron chi connectivity index (χ4n) is 6.36. The summed E-state index contributed by atoms with van der Waals surface area (Å²) >= 11 is 0. The summed E-state index contributed by atoms with van der Waals surface area (Å²) in [6, 6.07) is 16.2. The zero-order chi connectivity index (χ0) is 22.7. The van der Waals surface area contributed by atoms with E-state index in [0.29, 0.717) is 11.1 Å². The van der Waals surface area contributed by atoms with E-state index in [9.17, 15) is 0 Å². The molecule has 0 saturated carbocycles. The summed E-state index contributed by atoms with van der Waals surface area (Å²) in [6.45, 7) is 21.4. The second kappa shape index (κ2) is 7.48. The normalized spacial score (nSPS) is 21.3. The molecule has 0 N–H and O–H groups in total. The zero-order valence-corrected chi connectivity index (χ0v) is 21.9. The molecule has 1 heteroatoms. The average molecular weight is 427 g/mol. The van der Waals surface area contributed by atoms with Crippen molar-refractivity contribution in [2.75, 3.05) is 0 Å². The fraction of sp³-hybridized carbons (Fsp3) is 0.400. The Hall–Kier alpha value is -2.12.